The van der Waals surface area contributed by atoms with Crippen LogP contribution in [0.25, 0.3) is 11.2 Å². The SMILES string of the molecule is CC(C)(C)OC(=O)O[C@H]1[C@H](F)[C@H](n2cnc3c(N(Cc4ccccc4)C(=O)OC(C)(C)C)nc(Cl)nc32)O[C@@H]1CO[Si](c1ccccc1)(c1ccccc1)C(C)(C)C. The van der Waals surface area contributed by atoms with Crippen molar-refractivity contribution < 1.29 is 37.4 Å². The zero-order valence-electron chi connectivity index (χ0n) is 34.3. The molecule has 2 aromatic heterocycles. The fraction of sp³-hybridized carbons (Fsp3) is 0.419. The Hall–Kier alpha value is -4.89. The molecule has 1 saturated heterocycles. The maximum atomic E-state index is 17.1. The van der Waals surface area contributed by atoms with Crippen molar-refractivity contribution in [2.45, 2.75) is 110 Å². The van der Waals surface area contributed by atoms with Crippen molar-refractivity contribution in [2.24, 2.45) is 0 Å². The number of alkyl halides is 1. The van der Waals surface area contributed by atoms with Crippen LogP contribution in [-0.4, -0.2) is 76.3 Å². The Balaban J connectivity index is 1.41. The highest BCUT2D eigenvalue weighted by atomic mass is 35.5. The maximum Gasteiger partial charge on any atom is 0.509 e. The molecule has 3 aromatic carbocycles. The number of fused-ring (bicyclic) bond motifs is 1. The van der Waals surface area contributed by atoms with Crippen LogP contribution in [-0.2, 0) is 29.9 Å². The number of rotatable bonds is 10. The number of carbonyl (C=O) groups excluding carboxylic acids is 2. The number of aromatic nitrogens is 4. The first-order chi connectivity index (χ1) is 27.3. The van der Waals surface area contributed by atoms with Crippen molar-refractivity contribution in [3.8, 4) is 0 Å². The number of benzene rings is 3. The molecule has 4 atom stereocenters. The average molecular weight is 832 g/mol. The zero-order valence-corrected chi connectivity index (χ0v) is 36.1. The number of amides is 1. The first-order valence-electron chi connectivity index (χ1n) is 19.2. The smallest absolute Gasteiger partial charge is 0.443 e. The molecule has 0 aliphatic carbocycles. The molecule has 1 amide bonds. The molecule has 1 fully saturated rings. The summed E-state index contributed by atoms with van der Waals surface area (Å²) in [5.41, 5.74) is -0.751. The first-order valence-corrected chi connectivity index (χ1v) is 21.4. The van der Waals surface area contributed by atoms with E-state index >= 15 is 4.39 Å². The van der Waals surface area contributed by atoms with Gasteiger partial charge in [-0.1, -0.05) is 112 Å². The Bertz CT molecular complexity index is 2150. The van der Waals surface area contributed by atoms with Gasteiger partial charge in [-0.25, -0.2) is 19.0 Å². The van der Waals surface area contributed by atoms with Crippen LogP contribution in [0.2, 0.25) is 10.3 Å². The van der Waals surface area contributed by atoms with Crippen LogP contribution in [0.4, 0.5) is 19.8 Å². The molecule has 0 saturated carbocycles. The number of imidazole rings is 1. The normalized spacial score (nSPS) is 18.9. The summed E-state index contributed by atoms with van der Waals surface area (Å²) in [6.45, 7) is 16.6. The number of nitrogens with zero attached hydrogens (tertiary/aromatic N) is 5. The monoisotopic (exact) mass is 831 g/mol. The largest absolute Gasteiger partial charge is 0.509 e. The van der Waals surface area contributed by atoms with Crippen LogP contribution in [0.5, 0.6) is 0 Å². The lowest BCUT2D eigenvalue weighted by atomic mass is 10.1. The summed E-state index contributed by atoms with van der Waals surface area (Å²) in [5.74, 6) is 0.0494. The van der Waals surface area contributed by atoms with Crippen molar-refractivity contribution in [1.29, 1.82) is 0 Å². The van der Waals surface area contributed by atoms with Crippen LogP contribution >= 0.6 is 11.6 Å². The van der Waals surface area contributed by atoms with Crippen LogP contribution < -0.4 is 15.3 Å². The van der Waals surface area contributed by atoms with Crippen molar-refractivity contribution >= 4 is 59.5 Å². The Morgan fingerprint density at radius 1 is 0.828 bits per heavy atom. The average Bonchev–Trinajstić information content (AvgIpc) is 3.69. The van der Waals surface area contributed by atoms with Crippen LogP contribution in [0.1, 0.15) is 74.1 Å². The molecule has 0 N–H and O–H groups in total. The summed E-state index contributed by atoms with van der Waals surface area (Å²) in [7, 11) is -3.15. The number of ether oxygens (including phenoxy) is 4. The van der Waals surface area contributed by atoms with Gasteiger partial charge < -0.3 is 23.4 Å². The van der Waals surface area contributed by atoms with Gasteiger partial charge in [-0.05, 0) is 74.1 Å². The van der Waals surface area contributed by atoms with Gasteiger partial charge in [-0.2, -0.15) is 9.97 Å². The Morgan fingerprint density at radius 3 is 1.91 bits per heavy atom. The molecule has 12 nitrogen and oxygen atoms in total. The van der Waals surface area contributed by atoms with E-state index in [0.29, 0.717) is 0 Å². The fourth-order valence-electron chi connectivity index (χ4n) is 7.11. The van der Waals surface area contributed by atoms with Crippen molar-refractivity contribution in [1.82, 2.24) is 19.5 Å². The van der Waals surface area contributed by atoms with Crippen LogP contribution in [0.3, 0.4) is 0 Å². The molecule has 5 aromatic rings. The second-order valence-electron chi connectivity index (χ2n) is 17.2. The van der Waals surface area contributed by atoms with Gasteiger partial charge in [0.1, 0.15) is 17.3 Å². The van der Waals surface area contributed by atoms with E-state index in [1.165, 1.54) is 15.8 Å². The Morgan fingerprint density at radius 2 is 1.38 bits per heavy atom. The second-order valence-corrected chi connectivity index (χ2v) is 21.9. The predicted molar refractivity (Wildman–Crippen MR) is 223 cm³/mol. The highest BCUT2D eigenvalue weighted by molar-refractivity contribution is 6.99. The van der Waals surface area contributed by atoms with Gasteiger partial charge in [0.05, 0.1) is 19.5 Å². The second kappa shape index (κ2) is 16.8. The molecule has 308 valence electrons. The molecule has 1 aliphatic rings. The van der Waals surface area contributed by atoms with Crippen molar-refractivity contribution in [2.75, 3.05) is 11.5 Å². The number of carbonyl (C=O) groups is 2. The molecule has 15 heteroatoms. The molecular weight excluding hydrogens is 781 g/mol. The molecule has 0 spiro atoms. The van der Waals surface area contributed by atoms with E-state index in [2.05, 4.69) is 35.7 Å². The first kappa shape index (κ1) is 42.7. The number of hydrogen-bond donors (Lipinski definition) is 0. The third-order valence-corrected chi connectivity index (χ3v) is 14.6. The van der Waals surface area contributed by atoms with E-state index in [1.54, 1.807) is 41.5 Å². The van der Waals surface area contributed by atoms with Crippen LogP contribution in [0, 0.1) is 0 Å². The molecule has 58 heavy (non-hydrogen) atoms. The molecule has 0 radical (unpaired) electrons. The fourth-order valence-corrected chi connectivity index (χ4v) is 11.8. The minimum Gasteiger partial charge on any atom is -0.443 e. The Kier molecular flexibility index (Phi) is 12.3. The molecular formula is C43H51ClFN5O7Si. The standard InChI is InChI=1S/C43H51ClFN5O7Si/c1-41(2,3)56-39(51)49(25-28-19-13-10-14-20-28)35-33-36(48-38(44)47-35)50(27-46-33)37-32(45)34(55-40(52)57-42(4,5)6)31(54-37)26-53-58(43(7,8)9,29-21-15-11-16-22-29)30-23-17-12-18-24-30/h10-24,27,31-32,34,37H,25-26H2,1-9H3/t31-,32+,34-,37-/m1/s1. The van der Waals surface area contributed by atoms with E-state index in [1.807, 2.05) is 91.0 Å². The van der Waals surface area contributed by atoms with Gasteiger partial charge in [0.2, 0.25) is 5.28 Å². The van der Waals surface area contributed by atoms with Gasteiger partial charge in [-0.15, -0.1) is 0 Å². The topological polar surface area (TPSA) is 127 Å². The van der Waals surface area contributed by atoms with E-state index in [4.69, 9.17) is 35.0 Å². The molecule has 0 unspecified atom stereocenters. The highest BCUT2D eigenvalue weighted by Crippen LogP contribution is 2.41. The molecule has 1 aliphatic heterocycles. The molecule has 6 rings (SSSR count). The third kappa shape index (κ3) is 9.36. The van der Waals surface area contributed by atoms with E-state index in [-0.39, 0.29) is 35.4 Å². The number of hydrogen-bond acceptors (Lipinski definition) is 10. The summed E-state index contributed by atoms with van der Waals surface area (Å²) in [5, 5.41) is 1.38. The predicted octanol–water partition coefficient (Wildman–Crippen LogP) is 8.55. The summed E-state index contributed by atoms with van der Waals surface area (Å²) < 4.78 is 49.1. The van der Waals surface area contributed by atoms with E-state index < -0.39 is 61.4 Å². The Labute approximate surface area is 344 Å². The molecule has 0 bridgehead atoms. The quantitative estimate of drug-likeness (QED) is 0.0768. The minimum atomic E-state index is -3.15. The minimum absolute atomic E-state index is 0.0494. The van der Waals surface area contributed by atoms with Crippen molar-refractivity contribution in [3.05, 3.63) is 108 Å². The lowest BCUT2D eigenvalue weighted by molar-refractivity contribution is -0.0662. The van der Waals surface area contributed by atoms with E-state index in [9.17, 15) is 9.59 Å². The highest BCUT2D eigenvalue weighted by Gasteiger charge is 2.54. The summed E-state index contributed by atoms with van der Waals surface area (Å²) in [6.07, 6.45) is -6.38. The maximum absolute atomic E-state index is 17.1. The van der Waals surface area contributed by atoms with Gasteiger partial charge in [0.15, 0.2) is 35.5 Å². The third-order valence-electron chi connectivity index (χ3n) is 9.47. The number of halogens is 2. The lowest BCUT2D eigenvalue weighted by Crippen LogP contribution is -2.67. The summed E-state index contributed by atoms with van der Waals surface area (Å²) in [4.78, 5) is 41.7. The zero-order chi connectivity index (χ0) is 42.0. The summed E-state index contributed by atoms with van der Waals surface area (Å²) in [6, 6.07) is 29.3. The van der Waals surface area contributed by atoms with Gasteiger partial charge >= 0.3 is 12.2 Å². The van der Waals surface area contributed by atoms with Gasteiger partial charge in [0, 0.05) is 0 Å². The van der Waals surface area contributed by atoms with Gasteiger partial charge in [-0.3, -0.25) is 9.47 Å². The lowest BCUT2D eigenvalue weighted by Gasteiger charge is -2.43. The van der Waals surface area contributed by atoms with Crippen molar-refractivity contribution in [3.63, 3.8) is 0 Å². The van der Waals surface area contributed by atoms with E-state index in [0.717, 1.165) is 15.9 Å². The molecule has 3 heterocycles. The van der Waals surface area contributed by atoms with Crippen LogP contribution in [0.15, 0.2) is 97.3 Å². The number of anilines is 1. The van der Waals surface area contributed by atoms with Gasteiger partial charge in [0.25, 0.3) is 8.32 Å². The summed E-state index contributed by atoms with van der Waals surface area (Å²) >= 11 is 6.55.